The predicted molar refractivity (Wildman–Crippen MR) is 109 cm³/mol. The Balaban J connectivity index is 1.52. The van der Waals surface area contributed by atoms with Gasteiger partial charge in [-0.15, -0.1) is 10.2 Å². The quantitative estimate of drug-likeness (QED) is 0.472. The highest BCUT2D eigenvalue weighted by Crippen LogP contribution is 2.24. The standard InChI is InChI=1S/C18H16BrN9/c1-28(15-7-3-5-13(19)10-15)18-21-11-20-17(23-18)22-14-6-2-4-12(8-14)9-16-24-26-27-25-16/h2-8,10-11H,9H2,1H3,(H,20,21,22,23)(H,24,25,26,27). The molecule has 28 heavy (non-hydrogen) atoms. The van der Waals surface area contributed by atoms with E-state index in [9.17, 15) is 0 Å². The molecular formula is C18H16BrN9. The van der Waals surface area contributed by atoms with Crippen molar-refractivity contribution in [3.63, 3.8) is 0 Å². The second-order valence-electron chi connectivity index (χ2n) is 5.98. The lowest BCUT2D eigenvalue weighted by Crippen LogP contribution is -2.14. The van der Waals surface area contributed by atoms with Gasteiger partial charge in [0.05, 0.1) is 0 Å². The van der Waals surface area contributed by atoms with Crippen LogP contribution in [0.1, 0.15) is 11.4 Å². The topological polar surface area (TPSA) is 108 Å². The molecule has 140 valence electrons. The number of halogens is 1. The number of tetrazole rings is 1. The molecule has 0 bridgehead atoms. The van der Waals surface area contributed by atoms with Crippen LogP contribution in [0.25, 0.3) is 0 Å². The second kappa shape index (κ2) is 8.09. The minimum Gasteiger partial charge on any atom is -0.324 e. The van der Waals surface area contributed by atoms with Crippen molar-refractivity contribution in [2.75, 3.05) is 17.3 Å². The molecule has 0 saturated carbocycles. The van der Waals surface area contributed by atoms with E-state index in [4.69, 9.17) is 0 Å². The second-order valence-corrected chi connectivity index (χ2v) is 6.89. The van der Waals surface area contributed by atoms with Gasteiger partial charge in [-0.05, 0) is 35.9 Å². The number of nitrogens with zero attached hydrogens (tertiary/aromatic N) is 7. The Hall–Kier alpha value is -3.40. The fourth-order valence-electron chi connectivity index (χ4n) is 2.64. The zero-order chi connectivity index (χ0) is 19.3. The van der Waals surface area contributed by atoms with Crippen molar-refractivity contribution in [1.29, 1.82) is 0 Å². The van der Waals surface area contributed by atoms with Crippen LogP contribution >= 0.6 is 15.9 Å². The van der Waals surface area contributed by atoms with Gasteiger partial charge in [-0.2, -0.15) is 10.2 Å². The van der Waals surface area contributed by atoms with Crippen molar-refractivity contribution in [2.45, 2.75) is 6.42 Å². The van der Waals surface area contributed by atoms with Crippen molar-refractivity contribution in [3.8, 4) is 0 Å². The van der Waals surface area contributed by atoms with E-state index in [0.717, 1.165) is 21.4 Å². The van der Waals surface area contributed by atoms with Crippen LogP contribution in [0.5, 0.6) is 0 Å². The number of aromatic amines is 1. The van der Waals surface area contributed by atoms with Gasteiger partial charge < -0.3 is 10.2 Å². The summed E-state index contributed by atoms with van der Waals surface area (Å²) in [5.74, 6) is 1.64. The summed E-state index contributed by atoms with van der Waals surface area (Å²) in [6.45, 7) is 0. The highest BCUT2D eigenvalue weighted by Gasteiger charge is 2.10. The summed E-state index contributed by atoms with van der Waals surface area (Å²) >= 11 is 3.48. The van der Waals surface area contributed by atoms with E-state index in [1.165, 1.54) is 6.33 Å². The third-order valence-electron chi connectivity index (χ3n) is 3.99. The molecule has 0 aliphatic rings. The molecule has 10 heteroatoms. The van der Waals surface area contributed by atoms with E-state index in [0.29, 0.717) is 24.1 Å². The molecule has 0 atom stereocenters. The maximum atomic E-state index is 4.52. The average molecular weight is 438 g/mol. The Bertz CT molecular complexity index is 1070. The fraction of sp³-hybridized carbons (Fsp3) is 0.111. The van der Waals surface area contributed by atoms with Crippen LogP contribution in [0, 0.1) is 0 Å². The molecule has 0 aliphatic heterocycles. The normalized spacial score (nSPS) is 10.6. The molecule has 0 unspecified atom stereocenters. The van der Waals surface area contributed by atoms with Gasteiger partial charge in [0.15, 0.2) is 5.82 Å². The largest absolute Gasteiger partial charge is 0.324 e. The van der Waals surface area contributed by atoms with E-state index in [-0.39, 0.29) is 0 Å². The van der Waals surface area contributed by atoms with Crippen LogP contribution in [-0.4, -0.2) is 42.6 Å². The highest BCUT2D eigenvalue weighted by atomic mass is 79.9. The summed E-state index contributed by atoms with van der Waals surface area (Å²) in [5, 5.41) is 17.2. The maximum absolute atomic E-state index is 4.52. The van der Waals surface area contributed by atoms with Gasteiger partial charge in [-0.1, -0.05) is 39.3 Å². The van der Waals surface area contributed by atoms with Gasteiger partial charge in [0.25, 0.3) is 0 Å². The van der Waals surface area contributed by atoms with Crippen molar-refractivity contribution < 1.29 is 0 Å². The number of anilines is 4. The summed E-state index contributed by atoms with van der Waals surface area (Å²) in [5.41, 5.74) is 2.88. The van der Waals surface area contributed by atoms with Crippen LogP contribution in [0.2, 0.25) is 0 Å². The van der Waals surface area contributed by atoms with Crippen molar-refractivity contribution >= 4 is 39.2 Å². The lowest BCUT2D eigenvalue weighted by Gasteiger charge is -2.17. The van der Waals surface area contributed by atoms with Crippen LogP contribution in [-0.2, 0) is 6.42 Å². The Labute approximate surface area is 169 Å². The van der Waals surface area contributed by atoms with Crippen LogP contribution in [0.4, 0.5) is 23.3 Å². The molecule has 2 N–H and O–H groups in total. The number of hydrogen-bond acceptors (Lipinski definition) is 8. The van der Waals surface area contributed by atoms with Gasteiger partial charge in [-0.3, -0.25) is 0 Å². The first-order valence-corrected chi connectivity index (χ1v) is 9.23. The first-order chi connectivity index (χ1) is 13.7. The van der Waals surface area contributed by atoms with Crippen molar-refractivity contribution in [2.24, 2.45) is 0 Å². The van der Waals surface area contributed by atoms with Crippen molar-refractivity contribution in [1.82, 2.24) is 35.6 Å². The van der Waals surface area contributed by atoms with E-state index in [1.807, 2.05) is 60.5 Å². The summed E-state index contributed by atoms with van der Waals surface area (Å²) < 4.78 is 0.989. The number of rotatable bonds is 6. The highest BCUT2D eigenvalue weighted by molar-refractivity contribution is 9.10. The molecule has 2 heterocycles. The molecule has 4 rings (SSSR count). The SMILES string of the molecule is CN(c1cccc(Br)c1)c1ncnc(Nc2cccc(Cc3nn[nH]n3)c2)n1. The Morgan fingerprint density at radius 1 is 1.11 bits per heavy atom. The molecule has 0 amide bonds. The van der Waals surface area contributed by atoms with Gasteiger partial charge in [0.1, 0.15) is 6.33 Å². The minimum atomic E-state index is 0.462. The van der Waals surface area contributed by atoms with Crippen molar-refractivity contribution in [3.05, 3.63) is 70.7 Å². The fourth-order valence-corrected chi connectivity index (χ4v) is 3.02. The molecular weight excluding hydrogens is 422 g/mol. The van der Waals surface area contributed by atoms with E-state index < -0.39 is 0 Å². The van der Waals surface area contributed by atoms with Gasteiger partial charge in [0, 0.05) is 29.3 Å². The maximum Gasteiger partial charge on any atom is 0.234 e. The molecule has 0 spiro atoms. The lowest BCUT2D eigenvalue weighted by molar-refractivity contribution is 0.881. The molecule has 4 aromatic rings. The molecule has 9 nitrogen and oxygen atoms in total. The van der Waals surface area contributed by atoms with Gasteiger partial charge in [0.2, 0.25) is 11.9 Å². The smallest absolute Gasteiger partial charge is 0.234 e. The third-order valence-corrected chi connectivity index (χ3v) is 4.48. The molecule has 0 fully saturated rings. The number of H-pyrrole nitrogens is 1. The number of nitrogens with one attached hydrogen (secondary N) is 2. The van der Waals surface area contributed by atoms with E-state index in [1.54, 1.807) is 0 Å². The Morgan fingerprint density at radius 2 is 2.00 bits per heavy atom. The Kier molecular flexibility index (Phi) is 5.20. The Morgan fingerprint density at radius 3 is 2.82 bits per heavy atom. The number of benzene rings is 2. The monoisotopic (exact) mass is 437 g/mol. The first kappa shape index (κ1) is 18.0. The van der Waals surface area contributed by atoms with E-state index >= 15 is 0 Å². The van der Waals surface area contributed by atoms with Gasteiger partial charge >= 0.3 is 0 Å². The van der Waals surface area contributed by atoms with Crippen LogP contribution in [0.3, 0.4) is 0 Å². The predicted octanol–water partition coefficient (Wildman–Crippen LogP) is 3.25. The average Bonchev–Trinajstić information content (AvgIpc) is 3.21. The van der Waals surface area contributed by atoms with Gasteiger partial charge in [-0.25, -0.2) is 9.97 Å². The molecule has 0 radical (unpaired) electrons. The molecule has 0 aliphatic carbocycles. The summed E-state index contributed by atoms with van der Waals surface area (Å²) in [7, 11) is 1.91. The molecule has 0 saturated heterocycles. The first-order valence-electron chi connectivity index (χ1n) is 8.44. The van der Waals surface area contributed by atoms with Crippen LogP contribution in [0.15, 0.2) is 59.3 Å². The summed E-state index contributed by atoms with van der Waals surface area (Å²) in [6, 6.07) is 15.8. The zero-order valence-electron chi connectivity index (χ0n) is 14.9. The summed E-state index contributed by atoms with van der Waals surface area (Å²) in [6.07, 6.45) is 2.07. The van der Waals surface area contributed by atoms with Crippen LogP contribution < -0.4 is 10.2 Å². The molecule has 2 aromatic carbocycles. The van der Waals surface area contributed by atoms with E-state index in [2.05, 4.69) is 56.8 Å². The zero-order valence-corrected chi connectivity index (χ0v) is 16.5. The third kappa shape index (κ3) is 4.29. The molecule has 2 aromatic heterocycles. The summed E-state index contributed by atoms with van der Waals surface area (Å²) in [4.78, 5) is 14.9. The number of hydrogen-bond donors (Lipinski definition) is 2. The lowest BCUT2D eigenvalue weighted by atomic mass is 10.1. The number of aromatic nitrogens is 7. The minimum absolute atomic E-state index is 0.462.